The van der Waals surface area contributed by atoms with Gasteiger partial charge in [0.05, 0.1) is 11.5 Å². The quantitative estimate of drug-likeness (QED) is 0.121. The van der Waals surface area contributed by atoms with Crippen molar-refractivity contribution >= 4 is 12.2 Å². The van der Waals surface area contributed by atoms with E-state index in [1.807, 2.05) is 13.0 Å². The fraction of sp³-hybridized carbons (Fsp3) is 0.176. The SMILES string of the molecule is CC1=C[C@H]2c3c(O)cc(C=Cc4ccc(O)cc4O)cc3O[C@@]3(c4ccc(O)cc4O)Oc4cc(O)ccc4[C@H](C1)[C@@H]23. The minimum absolute atomic E-state index is 0.0238. The van der Waals surface area contributed by atoms with Crippen LogP contribution in [0, 0.1) is 5.92 Å². The maximum atomic E-state index is 11.4. The van der Waals surface area contributed by atoms with E-state index < -0.39 is 11.7 Å². The summed E-state index contributed by atoms with van der Waals surface area (Å²) in [5.41, 5.74) is 3.95. The molecule has 0 saturated carbocycles. The van der Waals surface area contributed by atoms with Gasteiger partial charge in [-0.1, -0.05) is 29.9 Å². The minimum Gasteiger partial charge on any atom is -0.508 e. The molecule has 212 valence electrons. The predicted octanol–water partition coefficient (Wildman–Crippen LogP) is 6.56. The summed E-state index contributed by atoms with van der Waals surface area (Å²) in [6, 6.07) is 16.9. The Kier molecular flexibility index (Phi) is 5.59. The maximum absolute atomic E-state index is 11.4. The number of allylic oxidation sites excluding steroid dienone is 2. The van der Waals surface area contributed by atoms with E-state index in [0.29, 0.717) is 40.2 Å². The molecule has 4 aromatic rings. The molecule has 4 aromatic carbocycles. The summed E-state index contributed by atoms with van der Waals surface area (Å²) in [6.07, 6.45) is 6.14. The van der Waals surface area contributed by atoms with Crippen molar-refractivity contribution in [2.45, 2.75) is 31.0 Å². The van der Waals surface area contributed by atoms with Gasteiger partial charge in [-0.3, -0.25) is 0 Å². The zero-order chi connectivity index (χ0) is 29.3. The number of hydrogen-bond acceptors (Lipinski definition) is 8. The Bertz CT molecular complexity index is 1820. The van der Waals surface area contributed by atoms with E-state index >= 15 is 0 Å². The Hall–Kier alpha value is -5.24. The molecule has 7 rings (SSSR count). The first kappa shape index (κ1) is 25.7. The lowest BCUT2D eigenvalue weighted by Crippen LogP contribution is -2.56. The summed E-state index contributed by atoms with van der Waals surface area (Å²) in [4.78, 5) is 0. The fourth-order valence-electron chi connectivity index (χ4n) is 6.78. The van der Waals surface area contributed by atoms with Crippen molar-refractivity contribution in [1.29, 1.82) is 0 Å². The summed E-state index contributed by atoms with van der Waals surface area (Å²) < 4.78 is 13.4. The third-order valence-electron chi connectivity index (χ3n) is 8.49. The van der Waals surface area contributed by atoms with Gasteiger partial charge in [0.25, 0.3) is 5.79 Å². The molecule has 0 aromatic heterocycles. The Morgan fingerprint density at radius 1 is 0.714 bits per heavy atom. The van der Waals surface area contributed by atoms with Crippen LogP contribution in [0.1, 0.15) is 53.0 Å². The molecule has 42 heavy (non-hydrogen) atoms. The third-order valence-corrected chi connectivity index (χ3v) is 8.49. The van der Waals surface area contributed by atoms with Crippen molar-refractivity contribution in [2.75, 3.05) is 0 Å². The number of rotatable bonds is 3. The van der Waals surface area contributed by atoms with Crippen LogP contribution in [0.2, 0.25) is 0 Å². The van der Waals surface area contributed by atoms with Crippen LogP contribution in [0.25, 0.3) is 12.2 Å². The minimum atomic E-state index is -1.57. The molecule has 1 aliphatic carbocycles. The molecule has 0 spiro atoms. The highest BCUT2D eigenvalue weighted by Gasteiger charge is 2.61. The first-order valence-corrected chi connectivity index (χ1v) is 13.6. The van der Waals surface area contributed by atoms with Gasteiger partial charge in [-0.15, -0.1) is 0 Å². The van der Waals surface area contributed by atoms with E-state index in [1.54, 1.807) is 42.5 Å². The highest BCUT2D eigenvalue weighted by Crippen LogP contribution is 2.65. The second-order valence-corrected chi connectivity index (χ2v) is 11.2. The molecule has 3 aliphatic rings. The number of phenols is 6. The van der Waals surface area contributed by atoms with Crippen LogP contribution >= 0.6 is 0 Å². The first-order valence-electron chi connectivity index (χ1n) is 13.6. The number of fused-ring (bicyclic) bond motifs is 4. The van der Waals surface area contributed by atoms with Gasteiger partial charge in [0.2, 0.25) is 0 Å². The van der Waals surface area contributed by atoms with Gasteiger partial charge in [0, 0.05) is 41.2 Å². The Morgan fingerprint density at radius 2 is 1.40 bits per heavy atom. The molecule has 6 N–H and O–H groups in total. The number of benzene rings is 4. The van der Waals surface area contributed by atoms with E-state index in [0.717, 1.165) is 11.1 Å². The molecule has 0 radical (unpaired) electrons. The van der Waals surface area contributed by atoms with E-state index in [9.17, 15) is 30.6 Å². The number of aromatic hydroxyl groups is 6. The summed E-state index contributed by atoms with van der Waals surface area (Å²) >= 11 is 0. The second kappa shape index (κ2) is 9.14. The van der Waals surface area contributed by atoms with Gasteiger partial charge < -0.3 is 40.1 Å². The van der Waals surface area contributed by atoms with Crippen LogP contribution in [0.5, 0.6) is 46.0 Å². The van der Waals surface area contributed by atoms with Crippen molar-refractivity contribution in [2.24, 2.45) is 5.92 Å². The zero-order valence-electron chi connectivity index (χ0n) is 22.5. The van der Waals surface area contributed by atoms with E-state index in [1.165, 1.54) is 30.3 Å². The topological polar surface area (TPSA) is 140 Å². The molecule has 2 aliphatic heterocycles. The van der Waals surface area contributed by atoms with Crippen LogP contribution in [0.3, 0.4) is 0 Å². The van der Waals surface area contributed by atoms with Gasteiger partial charge in [0.1, 0.15) is 46.0 Å². The van der Waals surface area contributed by atoms with E-state index in [2.05, 4.69) is 6.08 Å². The monoisotopic (exact) mass is 564 g/mol. The summed E-state index contributed by atoms with van der Waals surface area (Å²) in [6.45, 7) is 2.04. The molecule has 0 amide bonds. The molecule has 8 nitrogen and oxygen atoms in total. The average molecular weight is 565 g/mol. The van der Waals surface area contributed by atoms with Crippen LogP contribution < -0.4 is 9.47 Å². The lowest BCUT2D eigenvalue weighted by atomic mass is 9.61. The highest BCUT2D eigenvalue weighted by atomic mass is 16.7. The smallest absolute Gasteiger partial charge is 0.285 e. The third kappa shape index (κ3) is 3.90. The normalized spacial score (nSPS) is 23.6. The van der Waals surface area contributed by atoms with Crippen LogP contribution in [-0.4, -0.2) is 30.6 Å². The summed E-state index contributed by atoms with van der Waals surface area (Å²) in [7, 11) is 0. The number of phenolic OH excluding ortho intramolecular Hbond substituents is 6. The van der Waals surface area contributed by atoms with Crippen LogP contribution in [-0.2, 0) is 5.79 Å². The molecular formula is C34H28O8. The highest BCUT2D eigenvalue weighted by molar-refractivity contribution is 5.75. The van der Waals surface area contributed by atoms with E-state index in [-0.39, 0.29) is 46.3 Å². The van der Waals surface area contributed by atoms with E-state index in [4.69, 9.17) is 9.47 Å². The molecule has 8 heteroatoms. The van der Waals surface area contributed by atoms with Gasteiger partial charge in [-0.05, 0) is 66.9 Å². The Balaban J connectivity index is 1.44. The lowest BCUT2D eigenvalue weighted by molar-refractivity contribution is -0.198. The Morgan fingerprint density at radius 3 is 2.17 bits per heavy atom. The van der Waals surface area contributed by atoms with Gasteiger partial charge in [-0.2, -0.15) is 0 Å². The molecule has 0 fully saturated rings. The van der Waals surface area contributed by atoms with Gasteiger partial charge in [0.15, 0.2) is 0 Å². The van der Waals surface area contributed by atoms with Crippen molar-refractivity contribution in [3.63, 3.8) is 0 Å². The van der Waals surface area contributed by atoms with Crippen LogP contribution in [0.15, 0.2) is 78.4 Å². The van der Waals surface area contributed by atoms with Gasteiger partial charge in [-0.25, -0.2) is 0 Å². The molecule has 0 saturated heterocycles. The maximum Gasteiger partial charge on any atom is 0.285 e. The van der Waals surface area contributed by atoms with Crippen molar-refractivity contribution in [3.05, 3.63) is 106 Å². The standard InChI is InChI=1S/C34H28O8/c1-17-10-24-23-8-6-22(37)16-30(23)41-34(26-9-7-21(36)15-28(26)39)33(24)25(11-17)32-29(40)12-18(13-31(32)42-34)2-3-19-4-5-20(35)14-27(19)38/h2-9,11-16,24-25,33,35-40H,10H2,1H3/t24-,25-,33-,34+/m0/s1. The summed E-state index contributed by atoms with van der Waals surface area (Å²) in [5, 5.41) is 62.8. The molecular weight excluding hydrogens is 536 g/mol. The van der Waals surface area contributed by atoms with Crippen molar-refractivity contribution < 1.29 is 40.1 Å². The summed E-state index contributed by atoms with van der Waals surface area (Å²) in [5.74, 6) is -2.16. The zero-order valence-corrected chi connectivity index (χ0v) is 22.5. The molecule has 0 unspecified atom stereocenters. The van der Waals surface area contributed by atoms with Crippen LogP contribution in [0.4, 0.5) is 0 Å². The first-order chi connectivity index (χ1) is 20.1. The molecule has 4 atom stereocenters. The van der Waals surface area contributed by atoms with Crippen molar-refractivity contribution in [3.8, 4) is 46.0 Å². The molecule has 0 bridgehead atoms. The fourth-order valence-corrected chi connectivity index (χ4v) is 6.78. The second-order valence-electron chi connectivity index (χ2n) is 11.2. The Labute approximate surface area is 241 Å². The number of ether oxygens (including phenoxy) is 2. The number of hydrogen-bond donors (Lipinski definition) is 6. The van der Waals surface area contributed by atoms with Crippen molar-refractivity contribution in [1.82, 2.24) is 0 Å². The van der Waals surface area contributed by atoms with Gasteiger partial charge >= 0.3 is 0 Å². The largest absolute Gasteiger partial charge is 0.508 e. The molecule has 2 heterocycles. The average Bonchev–Trinajstić information content (AvgIpc) is 2.91. The lowest BCUT2D eigenvalue weighted by Gasteiger charge is -2.55. The predicted molar refractivity (Wildman–Crippen MR) is 155 cm³/mol.